The van der Waals surface area contributed by atoms with Crippen LogP contribution < -0.4 is 10.1 Å². The van der Waals surface area contributed by atoms with Crippen LogP contribution in [0.5, 0.6) is 5.75 Å². The molecule has 2 heterocycles. The van der Waals surface area contributed by atoms with E-state index in [1.807, 2.05) is 55.1 Å². The van der Waals surface area contributed by atoms with Crippen LogP contribution in [0.3, 0.4) is 0 Å². The number of nitrogens with zero attached hydrogens (tertiary/aromatic N) is 2. The SMILES string of the molecule is CCN(CC)C(=O)CC1CCNCC1Cc1cc(COc2ccccc2)on1. The Morgan fingerprint density at radius 2 is 2.04 bits per heavy atom. The van der Waals surface area contributed by atoms with E-state index in [0.29, 0.717) is 24.9 Å². The van der Waals surface area contributed by atoms with E-state index in [1.165, 1.54) is 0 Å². The number of amides is 1. The molecule has 1 aliphatic heterocycles. The van der Waals surface area contributed by atoms with Crippen molar-refractivity contribution in [3.05, 3.63) is 47.9 Å². The second kappa shape index (κ2) is 10.3. The molecule has 1 amide bonds. The van der Waals surface area contributed by atoms with Crippen LogP contribution in [0, 0.1) is 11.8 Å². The number of rotatable bonds is 9. The molecule has 6 nitrogen and oxygen atoms in total. The van der Waals surface area contributed by atoms with Crippen LogP contribution >= 0.6 is 0 Å². The second-order valence-electron chi connectivity index (χ2n) is 7.37. The Bertz CT molecular complexity index is 728. The standard InChI is InChI=1S/C22H31N3O3/c1-3-25(4-2)22(26)13-17-10-11-23-15-18(17)12-19-14-21(28-24-19)16-27-20-8-6-5-7-9-20/h5-9,14,17-18,23H,3-4,10-13,15-16H2,1-2H3. The molecular weight excluding hydrogens is 354 g/mol. The van der Waals surface area contributed by atoms with Crippen molar-refractivity contribution in [1.29, 1.82) is 0 Å². The van der Waals surface area contributed by atoms with Crippen LogP contribution in [-0.2, 0) is 17.8 Å². The first-order valence-corrected chi connectivity index (χ1v) is 10.3. The van der Waals surface area contributed by atoms with Crippen molar-refractivity contribution in [2.24, 2.45) is 11.8 Å². The Labute approximate surface area is 167 Å². The van der Waals surface area contributed by atoms with Gasteiger partial charge in [0.25, 0.3) is 0 Å². The lowest BCUT2D eigenvalue weighted by Gasteiger charge is -2.32. The Morgan fingerprint density at radius 1 is 1.25 bits per heavy atom. The molecule has 0 saturated carbocycles. The summed E-state index contributed by atoms with van der Waals surface area (Å²) in [5.41, 5.74) is 0.931. The number of aromatic nitrogens is 1. The van der Waals surface area contributed by atoms with Crippen LogP contribution in [0.25, 0.3) is 0 Å². The molecule has 3 rings (SSSR count). The fourth-order valence-electron chi connectivity index (χ4n) is 3.87. The predicted octanol–water partition coefficient (Wildman–Crippen LogP) is 3.28. The van der Waals surface area contributed by atoms with Crippen molar-refractivity contribution >= 4 is 5.91 Å². The van der Waals surface area contributed by atoms with E-state index in [-0.39, 0.29) is 5.91 Å². The smallest absolute Gasteiger partial charge is 0.222 e. The van der Waals surface area contributed by atoms with Crippen molar-refractivity contribution in [2.75, 3.05) is 26.2 Å². The van der Waals surface area contributed by atoms with E-state index in [0.717, 1.165) is 56.2 Å². The number of carbonyl (C=O) groups excluding carboxylic acids is 1. The summed E-state index contributed by atoms with van der Waals surface area (Å²) in [5, 5.41) is 7.69. The van der Waals surface area contributed by atoms with Gasteiger partial charge in [-0.1, -0.05) is 23.4 Å². The zero-order valence-corrected chi connectivity index (χ0v) is 16.9. The summed E-state index contributed by atoms with van der Waals surface area (Å²) in [4.78, 5) is 14.5. The summed E-state index contributed by atoms with van der Waals surface area (Å²) in [6.45, 7) is 7.88. The normalized spacial score (nSPS) is 19.4. The second-order valence-corrected chi connectivity index (χ2v) is 7.37. The van der Waals surface area contributed by atoms with Gasteiger partial charge >= 0.3 is 0 Å². The maximum absolute atomic E-state index is 12.6. The molecule has 28 heavy (non-hydrogen) atoms. The van der Waals surface area contributed by atoms with Crippen molar-refractivity contribution in [3.8, 4) is 5.75 Å². The summed E-state index contributed by atoms with van der Waals surface area (Å²) >= 11 is 0. The van der Waals surface area contributed by atoms with Gasteiger partial charge in [-0.3, -0.25) is 4.79 Å². The summed E-state index contributed by atoms with van der Waals surface area (Å²) in [6, 6.07) is 11.7. The van der Waals surface area contributed by atoms with E-state index in [2.05, 4.69) is 10.5 Å². The van der Waals surface area contributed by atoms with Gasteiger partial charge in [0.15, 0.2) is 5.76 Å². The molecule has 152 valence electrons. The average Bonchev–Trinajstić information content (AvgIpc) is 3.17. The minimum absolute atomic E-state index is 0.263. The van der Waals surface area contributed by atoms with Crippen LogP contribution in [0.2, 0.25) is 0 Å². The van der Waals surface area contributed by atoms with E-state index >= 15 is 0 Å². The highest BCUT2D eigenvalue weighted by atomic mass is 16.5. The number of benzene rings is 1. The molecule has 1 aromatic heterocycles. The topological polar surface area (TPSA) is 67.6 Å². The highest BCUT2D eigenvalue weighted by Crippen LogP contribution is 2.27. The van der Waals surface area contributed by atoms with Gasteiger partial charge in [-0.05, 0) is 63.7 Å². The molecule has 6 heteroatoms. The Hall–Kier alpha value is -2.34. The monoisotopic (exact) mass is 385 g/mol. The van der Waals surface area contributed by atoms with Crippen molar-refractivity contribution in [1.82, 2.24) is 15.4 Å². The molecule has 1 saturated heterocycles. The average molecular weight is 386 g/mol. The Kier molecular flexibility index (Phi) is 7.48. The third-order valence-corrected chi connectivity index (χ3v) is 5.52. The van der Waals surface area contributed by atoms with Gasteiger partial charge in [0.2, 0.25) is 5.91 Å². The zero-order valence-electron chi connectivity index (χ0n) is 16.9. The number of para-hydroxylation sites is 1. The lowest BCUT2D eigenvalue weighted by molar-refractivity contribution is -0.132. The molecule has 2 unspecified atom stereocenters. The van der Waals surface area contributed by atoms with Gasteiger partial charge < -0.3 is 19.5 Å². The summed E-state index contributed by atoms with van der Waals surface area (Å²) in [7, 11) is 0. The maximum Gasteiger partial charge on any atom is 0.222 e. The molecule has 1 fully saturated rings. The number of carbonyl (C=O) groups is 1. The largest absolute Gasteiger partial charge is 0.486 e. The lowest BCUT2D eigenvalue weighted by atomic mass is 9.81. The van der Waals surface area contributed by atoms with Crippen molar-refractivity contribution in [2.45, 2.75) is 39.7 Å². The van der Waals surface area contributed by atoms with Gasteiger partial charge in [-0.25, -0.2) is 0 Å². The van der Waals surface area contributed by atoms with Crippen LogP contribution in [0.1, 0.15) is 38.1 Å². The first-order valence-electron chi connectivity index (χ1n) is 10.3. The van der Waals surface area contributed by atoms with E-state index in [9.17, 15) is 4.79 Å². The maximum atomic E-state index is 12.6. The van der Waals surface area contributed by atoms with Gasteiger partial charge in [-0.15, -0.1) is 0 Å². The van der Waals surface area contributed by atoms with Crippen LogP contribution in [0.4, 0.5) is 0 Å². The third-order valence-electron chi connectivity index (χ3n) is 5.52. The van der Waals surface area contributed by atoms with E-state index in [1.54, 1.807) is 0 Å². The molecule has 0 spiro atoms. The predicted molar refractivity (Wildman–Crippen MR) is 108 cm³/mol. The Morgan fingerprint density at radius 3 is 2.79 bits per heavy atom. The number of ether oxygens (including phenoxy) is 1. The molecule has 2 atom stereocenters. The van der Waals surface area contributed by atoms with Crippen molar-refractivity contribution in [3.63, 3.8) is 0 Å². The Balaban J connectivity index is 1.55. The molecule has 0 aliphatic carbocycles. The molecule has 1 aromatic carbocycles. The van der Waals surface area contributed by atoms with Gasteiger partial charge in [0.1, 0.15) is 12.4 Å². The molecule has 0 bridgehead atoms. The lowest BCUT2D eigenvalue weighted by Crippen LogP contribution is -2.41. The van der Waals surface area contributed by atoms with E-state index < -0.39 is 0 Å². The fraction of sp³-hybridized carbons (Fsp3) is 0.545. The van der Waals surface area contributed by atoms with Gasteiger partial charge in [-0.2, -0.15) is 0 Å². The number of hydrogen-bond donors (Lipinski definition) is 1. The highest BCUT2D eigenvalue weighted by molar-refractivity contribution is 5.76. The summed E-state index contributed by atoms with van der Waals surface area (Å²) < 4.78 is 11.2. The molecular formula is C22H31N3O3. The van der Waals surface area contributed by atoms with Crippen molar-refractivity contribution < 1.29 is 14.1 Å². The summed E-state index contributed by atoms with van der Waals surface area (Å²) in [5.74, 6) is 2.57. The minimum Gasteiger partial charge on any atom is -0.486 e. The van der Waals surface area contributed by atoms with Gasteiger partial charge in [0.05, 0.1) is 5.69 Å². The number of hydrogen-bond acceptors (Lipinski definition) is 5. The third kappa shape index (κ3) is 5.58. The number of nitrogens with one attached hydrogen (secondary N) is 1. The molecule has 1 aliphatic rings. The van der Waals surface area contributed by atoms with E-state index in [4.69, 9.17) is 9.26 Å². The zero-order chi connectivity index (χ0) is 19.8. The quantitative estimate of drug-likeness (QED) is 0.717. The number of piperidine rings is 1. The minimum atomic E-state index is 0.263. The van der Waals surface area contributed by atoms with Gasteiger partial charge in [0, 0.05) is 25.6 Å². The molecule has 2 aromatic rings. The highest BCUT2D eigenvalue weighted by Gasteiger charge is 2.29. The summed E-state index contributed by atoms with van der Waals surface area (Å²) in [6.07, 6.45) is 2.47. The first kappa shape index (κ1) is 20.4. The van der Waals surface area contributed by atoms with Crippen LogP contribution in [-0.4, -0.2) is 42.1 Å². The fourth-order valence-corrected chi connectivity index (χ4v) is 3.87. The molecule has 0 radical (unpaired) electrons. The van der Waals surface area contributed by atoms with Crippen LogP contribution in [0.15, 0.2) is 40.9 Å². The first-order chi connectivity index (χ1) is 13.7. The molecule has 1 N–H and O–H groups in total.